The van der Waals surface area contributed by atoms with Crippen LogP contribution in [0.3, 0.4) is 0 Å². The summed E-state index contributed by atoms with van der Waals surface area (Å²) in [5, 5.41) is 9.12. The first-order valence-electron chi connectivity index (χ1n) is 6.35. The highest BCUT2D eigenvalue weighted by molar-refractivity contribution is 5.85. The van der Waals surface area contributed by atoms with Gasteiger partial charge in [0, 0.05) is 13.1 Å². The Kier molecular flexibility index (Phi) is 5.41. The zero-order chi connectivity index (χ0) is 12.8. The fourth-order valence-corrected chi connectivity index (χ4v) is 2.38. The van der Waals surface area contributed by atoms with Crippen LogP contribution in [-0.2, 0) is 9.59 Å². The van der Waals surface area contributed by atoms with E-state index in [4.69, 9.17) is 10.8 Å². The number of carbonyl (C=O) groups excluding carboxylic acids is 1. The van der Waals surface area contributed by atoms with E-state index in [9.17, 15) is 9.59 Å². The van der Waals surface area contributed by atoms with E-state index < -0.39 is 12.0 Å². The Balaban J connectivity index is 2.73. The molecule has 0 aromatic heterocycles. The van der Waals surface area contributed by atoms with Crippen LogP contribution >= 0.6 is 0 Å². The number of piperidine rings is 1. The van der Waals surface area contributed by atoms with Crippen molar-refractivity contribution in [1.29, 1.82) is 0 Å². The van der Waals surface area contributed by atoms with Crippen molar-refractivity contribution in [2.75, 3.05) is 13.1 Å². The quantitative estimate of drug-likeness (QED) is 0.748. The molecule has 98 valence electrons. The Bertz CT molecular complexity index is 281. The van der Waals surface area contributed by atoms with E-state index in [0.29, 0.717) is 19.5 Å². The summed E-state index contributed by atoms with van der Waals surface area (Å²) in [7, 11) is 0. The molecule has 1 unspecified atom stereocenters. The van der Waals surface area contributed by atoms with E-state index in [0.717, 1.165) is 25.7 Å². The summed E-state index contributed by atoms with van der Waals surface area (Å²) in [4.78, 5) is 24.8. The Labute approximate surface area is 102 Å². The van der Waals surface area contributed by atoms with E-state index in [1.165, 1.54) is 4.90 Å². The van der Waals surface area contributed by atoms with Gasteiger partial charge < -0.3 is 15.7 Å². The lowest BCUT2D eigenvalue weighted by molar-refractivity contribution is -0.153. The lowest BCUT2D eigenvalue weighted by Gasteiger charge is -2.35. The van der Waals surface area contributed by atoms with Gasteiger partial charge in [0.05, 0.1) is 5.92 Å². The molecule has 17 heavy (non-hydrogen) atoms. The van der Waals surface area contributed by atoms with E-state index in [1.807, 2.05) is 6.92 Å². The molecule has 0 saturated carbocycles. The lowest BCUT2D eigenvalue weighted by Crippen LogP contribution is -2.51. The van der Waals surface area contributed by atoms with Gasteiger partial charge in [-0.15, -0.1) is 0 Å². The smallest absolute Gasteiger partial charge is 0.326 e. The standard InChI is InChI=1S/C12H22N2O3/c1-2-5-9(8-13)11(15)14-7-4-3-6-10(14)12(16)17/h9-10H,2-8,13H2,1H3,(H,16,17)/t9?,10-/m1/s1. The van der Waals surface area contributed by atoms with Crippen LogP contribution in [0.2, 0.25) is 0 Å². The van der Waals surface area contributed by atoms with Gasteiger partial charge in [-0.1, -0.05) is 13.3 Å². The first kappa shape index (κ1) is 14.0. The molecule has 1 aliphatic rings. The van der Waals surface area contributed by atoms with Crippen LogP contribution in [0.4, 0.5) is 0 Å². The molecule has 1 rings (SSSR count). The molecule has 0 spiro atoms. The van der Waals surface area contributed by atoms with Gasteiger partial charge in [-0.3, -0.25) is 4.79 Å². The monoisotopic (exact) mass is 242 g/mol. The third-order valence-electron chi connectivity index (χ3n) is 3.34. The number of carboxylic acids is 1. The molecule has 1 amide bonds. The van der Waals surface area contributed by atoms with Crippen molar-refractivity contribution in [2.45, 2.75) is 45.1 Å². The SMILES string of the molecule is CCCC(CN)C(=O)N1CCCC[C@@H]1C(=O)O. The fourth-order valence-electron chi connectivity index (χ4n) is 2.38. The molecule has 1 aliphatic heterocycles. The number of likely N-dealkylation sites (tertiary alicyclic amines) is 1. The predicted molar refractivity (Wildman–Crippen MR) is 64.4 cm³/mol. The van der Waals surface area contributed by atoms with Crippen molar-refractivity contribution in [3.8, 4) is 0 Å². The lowest BCUT2D eigenvalue weighted by atomic mass is 9.96. The Hall–Kier alpha value is -1.10. The molecule has 0 aromatic carbocycles. The van der Waals surface area contributed by atoms with Crippen molar-refractivity contribution in [1.82, 2.24) is 4.90 Å². The molecule has 1 saturated heterocycles. The average molecular weight is 242 g/mol. The van der Waals surface area contributed by atoms with E-state index in [1.54, 1.807) is 0 Å². The van der Waals surface area contributed by atoms with Crippen molar-refractivity contribution in [2.24, 2.45) is 11.7 Å². The number of carbonyl (C=O) groups is 2. The highest BCUT2D eigenvalue weighted by Crippen LogP contribution is 2.21. The normalized spacial score (nSPS) is 22.2. The van der Waals surface area contributed by atoms with Crippen molar-refractivity contribution >= 4 is 11.9 Å². The van der Waals surface area contributed by atoms with Gasteiger partial charge in [0.2, 0.25) is 5.91 Å². The number of amides is 1. The molecule has 2 atom stereocenters. The molecule has 0 aromatic rings. The second-order valence-electron chi connectivity index (χ2n) is 4.60. The highest BCUT2D eigenvalue weighted by atomic mass is 16.4. The molecule has 1 fully saturated rings. The largest absolute Gasteiger partial charge is 0.480 e. The average Bonchev–Trinajstić information content (AvgIpc) is 2.35. The molecular weight excluding hydrogens is 220 g/mol. The number of nitrogens with two attached hydrogens (primary N) is 1. The van der Waals surface area contributed by atoms with Gasteiger partial charge in [-0.05, 0) is 25.7 Å². The van der Waals surface area contributed by atoms with E-state index in [-0.39, 0.29) is 11.8 Å². The third-order valence-corrected chi connectivity index (χ3v) is 3.34. The van der Waals surface area contributed by atoms with Gasteiger partial charge in [0.25, 0.3) is 0 Å². The number of hydrogen-bond donors (Lipinski definition) is 2. The summed E-state index contributed by atoms with van der Waals surface area (Å²) in [5.41, 5.74) is 5.59. The predicted octanol–water partition coefficient (Wildman–Crippen LogP) is 0.827. The second kappa shape index (κ2) is 6.59. The molecule has 0 aliphatic carbocycles. The van der Waals surface area contributed by atoms with Crippen LogP contribution in [0.15, 0.2) is 0 Å². The molecule has 3 N–H and O–H groups in total. The van der Waals surface area contributed by atoms with Gasteiger partial charge in [0.15, 0.2) is 0 Å². The second-order valence-corrected chi connectivity index (χ2v) is 4.60. The van der Waals surface area contributed by atoms with Crippen LogP contribution in [0.5, 0.6) is 0 Å². The highest BCUT2D eigenvalue weighted by Gasteiger charge is 2.34. The van der Waals surface area contributed by atoms with Crippen LogP contribution in [-0.4, -0.2) is 41.0 Å². The minimum Gasteiger partial charge on any atom is -0.480 e. The van der Waals surface area contributed by atoms with Crippen molar-refractivity contribution < 1.29 is 14.7 Å². The Morgan fingerprint density at radius 2 is 2.18 bits per heavy atom. The number of rotatable bonds is 5. The Morgan fingerprint density at radius 3 is 2.71 bits per heavy atom. The topological polar surface area (TPSA) is 83.6 Å². The number of carboxylic acid groups (broad SMARTS) is 1. The van der Waals surface area contributed by atoms with Gasteiger partial charge >= 0.3 is 5.97 Å². The Morgan fingerprint density at radius 1 is 1.47 bits per heavy atom. The summed E-state index contributed by atoms with van der Waals surface area (Å²) in [6.07, 6.45) is 3.95. The number of aliphatic carboxylic acids is 1. The molecular formula is C12H22N2O3. The van der Waals surface area contributed by atoms with Crippen LogP contribution in [0, 0.1) is 5.92 Å². The van der Waals surface area contributed by atoms with Gasteiger partial charge in [-0.2, -0.15) is 0 Å². The molecule has 5 heteroatoms. The van der Waals surface area contributed by atoms with Crippen LogP contribution in [0.1, 0.15) is 39.0 Å². The van der Waals surface area contributed by atoms with E-state index in [2.05, 4.69) is 0 Å². The third kappa shape index (κ3) is 3.43. The fraction of sp³-hybridized carbons (Fsp3) is 0.833. The maximum absolute atomic E-state index is 12.2. The minimum atomic E-state index is -0.898. The molecule has 5 nitrogen and oxygen atoms in total. The molecule has 0 radical (unpaired) electrons. The van der Waals surface area contributed by atoms with Crippen molar-refractivity contribution in [3.63, 3.8) is 0 Å². The van der Waals surface area contributed by atoms with E-state index >= 15 is 0 Å². The first-order valence-corrected chi connectivity index (χ1v) is 6.35. The van der Waals surface area contributed by atoms with Crippen LogP contribution < -0.4 is 5.73 Å². The van der Waals surface area contributed by atoms with Gasteiger partial charge in [0.1, 0.15) is 6.04 Å². The minimum absolute atomic E-state index is 0.0820. The summed E-state index contributed by atoms with van der Waals surface area (Å²) in [6, 6.07) is -0.651. The summed E-state index contributed by atoms with van der Waals surface area (Å²) in [6.45, 7) is 2.85. The zero-order valence-corrected chi connectivity index (χ0v) is 10.4. The van der Waals surface area contributed by atoms with Gasteiger partial charge in [-0.25, -0.2) is 4.79 Å². The maximum Gasteiger partial charge on any atom is 0.326 e. The molecule has 0 bridgehead atoms. The number of nitrogens with zero attached hydrogens (tertiary/aromatic N) is 1. The molecule has 1 heterocycles. The maximum atomic E-state index is 12.2. The summed E-state index contributed by atoms with van der Waals surface area (Å²) < 4.78 is 0. The zero-order valence-electron chi connectivity index (χ0n) is 10.4. The van der Waals surface area contributed by atoms with Crippen LogP contribution in [0.25, 0.3) is 0 Å². The first-order chi connectivity index (χ1) is 8.11. The number of hydrogen-bond acceptors (Lipinski definition) is 3. The summed E-state index contributed by atoms with van der Waals surface area (Å²) in [5.74, 6) is -1.20. The van der Waals surface area contributed by atoms with Crippen molar-refractivity contribution in [3.05, 3.63) is 0 Å². The summed E-state index contributed by atoms with van der Waals surface area (Å²) >= 11 is 0.